The maximum Gasteiger partial charge on any atom is 0.268 e. The fourth-order valence-corrected chi connectivity index (χ4v) is 3.70. The molecule has 0 atom stereocenters. The van der Waals surface area contributed by atoms with Gasteiger partial charge >= 0.3 is 0 Å². The van der Waals surface area contributed by atoms with Crippen molar-refractivity contribution in [1.29, 1.82) is 0 Å². The highest BCUT2D eigenvalue weighted by atomic mass is 19.1. The first-order chi connectivity index (χ1) is 12.2. The van der Waals surface area contributed by atoms with Gasteiger partial charge in [0, 0.05) is 6.04 Å². The van der Waals surface area contributed by atoms with E-state index < -0.39 is 0 Å². The van der Waals surface area contributed by atoms with Gasteiger partial charge in [-0.05, 0) is 61.4 Å². The number of carbonyl (C=O) groups is 1. The summed E-state index contributed by atoms with van der Waals surface area (Å²) in [5.41, 5.74) is 2.71. The van der Waals surface area contributed by atoms with Crippen LogP contribution in [-0.2, 0) is 0 Å². The number of aromatic nitrogens is 2. The third-order valence-corrected chi connectivity index (χ3v) is 5.08. The summed E-state index contributed by atoms with van der Waals surface area (Å²) in [6.45, 7) is 0. The molecule has 25 heavy (non-hydrogen) atoms. The minimum atomic E-state index is -0.196. The summed E-state index contributed by atoms with van der Waals surface area (Å²) in [6.07, 6.45) is 7.29. The number of carbonyl (C=O) groups excluding carboxylic acids is 1. The lowest BCUT2D eigenvalue weighted by Crippen LogP contribution is -2.38. The molecule has 0 spiro atoms. The molecule has 0 saturated heterocycles. The van der Waals surface area contributed by atoms with E-state index in [2.05, 4.69) is 10.3 Å². The normalized spacial score (nSPS) is 20.5. The lowest BCUT2D eigenvalue weighted by molar-refractivity contribution is 0.0919. The smallest absolute Gasteiger partial charge is 0.268 e. The number of benzene rings is 1. The number of hydrogen-bond donors (Lipinski definition) is 1. The average Bonchev–Trinajstić information content (AvgIpc) is 3.12. The van der Waals surface area contributed by atoms with Gasteiger partial charge in [-0.3, -0.25) is 9.20 Å². The Kier molecular flexibility index (Phi) is 4.22. The molecule has 5 heteroatoms. The lowest BCUT2D eigenvalue weighted by Gasteiger charge is -2.29. The van der Waals surface area contributed by atoms with Gasteiger partial charge in [0.15, 0.2) is 0 Å². The van der Waals surface area contributed by atoms with Crippen LogP contribution in [-0.4, -0.2) is 21.3 Å². The SMILES string of the molecule is O=C(NC1CCC(c2ccc(F)cc2)CC1)c1cccc2cncn12. The van der Waals surface area contributed by atoms with Gasteiger partial charge in [-0.15, -0.1) is 0 Å². The number of halogens is 1. The van der Waals surface area contributed by atoms with Crippen molar-refractivity contribution in [3.8, 4) is 0 Å². The first-order valence-corrected chi connectivity index (χ1v) is 8.68. The average molecular weight is 337 g/mol. The largest absolute Gasteiger partial charge is 0.348 e. The van der Waals surface area contributed by atoms with Crippen LogP contribution in [0.4, 0.5) is 4.39 Å². The van der Waals surface area contributed by atoms with Gasteiger partial charge in [-0.2, -0.15) is 0 Å². The molecule has 0 unspecified atom stereocenters. The Hall–Kier alpha value is -2.69. The third kappa shape index (κ3) is 3.27. The molecule has 1 N–H and O–H groups in total. The van der Waals surface area contributed by atoms with E-state index in [0.717, 1.165) is 31.2 Å². The summed E-state index contributed by atoms with van der Waals surface area (Å²) < 4.78 is 14.9. The predicted octanol–water partition coefficient (Wildman–Crippen LogP) is 3.93. The summed E-state index contributed by atoms with van der Waals surface area (Å²) in [6, 6.07) is 12.6. The number of fused-ring (bicyclic) bond motifs is 1. The first kappa shape index (κ1) is 15.8. The number of hydrogen-bond acceptors (Lipinski definition) is 2. The van der Waals surface area contributed by atoms with Gasteiger partial charge in [0.2, 0.25) is 0 Å². The zero-order valence-electron chi connectivity index (χ0n) is 13.9. The van der Waals surface area contributed by atoms with Gasteiger partial charge in [0.25, 0.3) is 5.91 Å². The molecule has 3 aromatic rings. The van der Waals surface area contributed by atoms with E-state index in [-0.39, 0.29) is 17.8 Å². The number of nitrogens with one attached hydrogen (secondary N) is 1. The van der Waals surface area contributed by atoms with E-state index >= 15 is 0 Å². The molecule has 4 rings (SSSR count). The van der Waals surface area contributed by atoms with Crippen LogP contribution in [0.2, 0.25) is 0 Å². The van der Waals surface area contributed by atoms with Crippen molar-refractivity contribution in [2.45, 2.75) is 37.6 Å². The molecule has 2 aromatic heterocycles. The molecule has 2 heterocycles. The molecule has 1 aliphatic rings. The zero-order valence-corrected chi connectivity index (χ0v) is 13.9. The highest BCUT2D eigenvalue weighted by Gasteiger charge is 2.24. The van der Waals surface area contributed by atoms with Gasteiger partial charge in [-0.25, -0.2) is 9.37 Å². The highest BCUT2D eigenvalue weighted by Crippen LogP contribution is 2.33. The van der Waals surface area contributed by atoms with Crippen molar-refractivity contribution in [3.63, 3.8) is 0 Å². The first-order valence-electron chi connectivity index (χ1n) is 8.68. The van der Waals surface area contributed by atoms with Crippen LogP contribution < -0.4 is 5.32 Å². The molecular weight excluding hydrogens is 317 g/mol. The second-order valence-electron chi connectivity index (χ2n) is 6.67. The van der Waals surface area contributed by atoms with Crippen molar-refractivity contribution in [2.75, 3.05) is 0 Å². The summed E-state index contributed by atoms with van der Waals surface area (Å²) in [4.78, 5) is 16.7. The van der Waals surface area contributed by atoms with Crippen LogP contribution in [0.3, 0.4) is 0 Å². The monoisotopic (exact) mass is 337 g/mol. The van der Waals surface area contributed by atoms with E-state index in [1.54, 1.807) is 16.9 Å². The van der Waals surface area contributed by atoms with Gasteiger partial charge < -0.3 is 5.32 Å². The molecule has 1 amide bonds. The summed E-state index contributed by atoms with van der Waals surface area (Å²) in [5, 5.41) is 3.15. The third-order valence-electron chi connectivity index (χ3n) is 5.08. The number of amides is 1. The minimum absolute atomic E-state index is 0.0613. The van der Waals surface area contributed by atoms with Crippen LogP contribution in [0, 0.1) is 5.82 Å². The van der Waals surface area contributed by atoms with Crippen LogP contribution >= 0.6 is 0 Å². The van der Waals surface area contributed by atoms with Crippen molar-refractivity contribution in [1.82, 2.24) is 14.7 Å². The van der Waals surface area contributed by atoms with Gasteiger partial charge in [0.05, 0.1) is 18.0 Å². The fraction of sp³-hybridized carbons (Fsp3) is 0.300. The minimum Gasteiger partial charge on any atom is -0.348 e. The lowest BCUT2D eigenvalue weighted by atomic mass is 9.82. The summed E-state index contributed by atoms with van der Waals surface area (Å²) in [7, 11) is 0. The quantitative estimate of drug-likeness (QED) is 0.787. The van der Waals surface area contributed by atoms with E-state index in [9.17, 15) is 9.18 Å². The van der Waals surface area contributed by atoms with Gasteiger partial charge in [0.1, 0.15) is 11.5 Å². The Balaban J connectivity index is 1.39. The maximum absolute atomic E-state index is 13.1. The molecule has 4 nitrogen and oxygen atoms in total. The molecule has 0 bridgehead atoms. The Morgan fingerprint density at radius 2 is 1.84 bits per heavy atom. The summed E-state index contributed by atoms with van der Waals surface area (Å²) in [5.74, 6) is 0.193. The van der Waals surface area contributed by atoms with Gasteiger partial charge in [-0.1, -0.05) is 18.2 Å². The van der Waals surface area contributed by atoms with Crippen LogP contribution in [0.15, 0.2) is 55.0 Å². The van der Waals surface area contributed by atoms with E-state index in [0.29, 0.717) is 11.6 Å². The second kappa shape index (κ2) is 6.67. The van der Waals surface area contributed by atoms with Crippen molar-refractivity contribution < 1.29 is 9.18 Å². The van der Waals surface area contributed by atoms with Crippen LogP contribution in [0.5, 0.6) is 0 Å². The van der Waals surface area contributed by atoms with Crippen molar-refractivity contribution >= 4 is 11.4 Å². The summed E-state index contributed by atoms with van der Waals surface area (Å²) >= 11 is 0. The highest BCUT2D eigenvalue weighted by molar-refractivity contribution is 5.93. The molecular formula is C20H20FN3O. The van der Waals surface area contributed by atoms with Crippen molar-refractivity contribution in [3.05, 3.63) is 72.1 Å². The number of imidazole rings is 1. The molecule has 0 aliphatic heterocycles. The van der Waals surface area contributed by atoms with E-state index in [1.165, 1.54) is 17.7 Å². The molecule has 128 valence electrons. The number of nitrogens with zero attached hydrogens (tertiary/aromatic N) is 2. The molecule has 0 radical (unpaired) electrons. The standard InChI is InChI=1S/C20H20FN3O/c21-16-8-4-14(5-9-16)15-6-10-17(11-7-15)23-20(25)19-3-1-2-18-12-22-13-24(18)19/h1-5,8-9,12-13,15,17H,6-7,10-11H2,(H,23,25). The van der Waals surface area contributed by atoms with E-state index in [4.69, 9.17) is 0 Å². The predicted molar refractivity (Wildman–Crippen MR) is 94.1 cm³/mol. The van der Waals surface area contributed by atoms with E-state index in [1.807, 2.05) is 30.3 Å². The Bertz CT molecular complexity index is 879. The van der Waals surface area contributed by atoms with Crippen molar-refractivity contribution in [2.24, 2.45) is 0 Å². The van der Waals surface area contributed by atoms with Crippen LogP contribution in [0.25, 0.3) is 5.52 Å². The molecule has 1 saturated carbocycles. The second-order valence-corrected chi connectivity index (χ2v) is 6.67. The maximum atomic E-state index is 13.1. The van der Waals surface area contributed by atoms with Crippen LogP contribution in [0.1, 0.15) is 47.7 Å². The number of rotatable bonds is 3. The zero-order chi connectivity index (χ0) is 17.2. The Morgan fingerprint density at radius 3 is 2.60 bits per heavy atom. The Morgan fingerprint density at radius 1 is 1.08 bits per heavy atom. The molecule has 1 aliphatic carbocycles. The molecule has 1 fully saturated rings. The Labute approximate surface area is 145 Å². The number of pyridine rings is 1. The fourth-order valence-electron chi connectivity index (χ4n) is 3.70. The topological polar surface area (TPSA) is 46.4 Å². The molecule has 1 aromatic carbocycles.